The molecule has 176 valence electrons. The topological polar surface area (TPSA) is 84.0 Å². The molecule has 0 aromatic heterocycles. The van der Waals surface area contributed by atoms with Gasteiger partial charge in [-0.2, -0.15) is 4.31 Å². The number of anilines is 1. The van der Waals surface area contributed by atoms with Gasteiger partial charge in [0.2, 0.25) is 15.9 Å². The SMILES string of the molecule is COc1ccc(S(=O)(=O)N(Cc2ccc(C)cc2)C2CC(=O)N(c3ccc(I)cc3)C2=O)cc1. The Kier molecular flexibility index (Phi) is 7.06. The molecule has 1 saturated heterocycles. The van der Waals surface area contributed by atoms with Crippen LogP contribution in [0.3, 0.4) is 0 Å². The van der Waals surface area contributed by atoms with E-state index in [0.717, 1.165) is 23.9 Å². The lowest BCUT2D eigenvalue weighted by atomic mass is 10.1. The molecule has 4 rings (SSSR count). The summed E-state index contributed by atoms with van der Waals surface area (Å²) in [6.45, 7) is 1.90. The minimum absolute atomic E-state index is 0.0216. The first-order valence-electron chi connectivity index (χ1n) is 10.5. The van der Waals surface area contributed by atoms with E-state index in [1.807, 2.05) is 31.2 Å². The summed E-state index contributed by atoms with van der Waals surface area (Å²) in [4.78, 5) is 27.4. The number of benzene rings is 3. The Morgan fingerprint density at radius 1 is 0.971 bits per heavy atom. The van der Waals surface area contributed by atoms with Crippen molar-refractivity contribution in [1.82, 2.24) is 4.31 Å². The van der Waals surface area contributed by atoms with Gasteiger partial charge in [0.05, 0.1) is 24.1 Å². The fraction of sp³-hybridized carbons (Fsp3) is 0.200. The predicted octanol–water partition coefficient (Wildman–Crippen LogP) is 4.13. The number of imide groups is 1. The zero-order valence-electron chi connectivity index (χ0n) is 18.6. The minimum atomic E-state index is -4.11. The van der Waals surface area contributed by atoms with Crippen molar-refractivity contribution in [3.63, 3.8) is 0 Å². The van der Waals surface area contributed by atoms with E-state index >= 15 is 0 Å². The summed E-state index contributed by atoms with van der Waals surface area (Å²) >= 11 is 2.14. The maximum atomic E-state index is 13.7. The number of carbonyl (C=O) groups is 2. The second-order valence-electron chi connectivity index (χ2n) is 7.98. The molecule has 2 amide bonds. The molecule has 1 atom stereocenters. The maximum Gasteiger partial charge on any atom is 0.252 e. The van der Waals surface area contributed by atoms with E-state index in [4.69, 9.17) is 4.74 Å². The van der Waals surface area contributed by atoms with Gasteiger partial charge < -0.3 is 4.74 Å². The van der Waals surface area contributed by atoms with Crippen molar-refractivity contribution in [2.75, 3.05) is 12.0 Å². The first-order valence-corrected chi connectivity index (χ1v) is 13.1. The highest BCUT2D eigenvalue weighted by Gasteiger charge is 2.47. The van der Waals surface area contributed by atoms with E-state index in [9.17, 15) is 18.0 Å². The molecule has 0 aliphatic carbocycles. The monoisotopic (exact) mass is 590 g/mol. The fourth-order valence-corrected chi connectivity index (χ4v) is 5.75. The lowest BCUT2D eigenvalue weighted by Gasteiger charge is -2.27. The van der Waals surface area contributed by atoms with Crippen LogP contribution in [-0.4, -0.2) is 37.7 Å². The zero-order chi connectivity index (χ0) is 24.5. The highest BCUT2D eigenvalue weighted by atomic mass is 127. The summed E-state index contributed by atoms with van der Waals surface area (Å²) in [7, 11) is -2.61. The van der Waals surface area contributed by atoms with E-state index in [1.165, 1.54) is 19.2 Å². The van der Waals surface area contributed by atoms with Crippen molar-refractivity contribution in [3.8, 4) is 5.75 Å². The molecule has 7 nitrogen and oxygen atoms in total. The van der Waals surface area contributed by atoms with Gasteiger partial charge in [0.1, 0.15) is 11.8 Å². The van der Waals surface area contributed by atoms with Gasteiger partial charge in [0.25, 0.3) is 5.91 Å². The average Bonchev–Trinajstić information content (AvgIpc) is 3.12. The average molecular weight is 590 g/mol. The number of halogens is 1. The molecule has 1 heterocycles. The summed E-state index contributed by atoms with van der Waals surface area (Å²) in [6, 6.07) is 19.2. The predicted molar refractivity (Wildman–Crippen MR) is 137 cm³/mol. The molecule has 1 unspecified atom stereocenters. The summed E-state index contributed by atoms with van der Waals surface area (Å²) in [5.41, 5.74) is 2.18. The van der Waals surface area contributed by atoms with E-state index in [2.05, 4.69) is 22.6 Å². The van der Waals surface area contributed by atoms with Crippen molar-refractivity contribution in [2.45, 2.75) is 30.8 Å². The number of methoxy groups -OCH3 is 1. The normalized spacial score (nSPS) is 16.4. The number of amides is 2. The van der Waals surface area contributed by atoms with Crippen LogP contribution in [0, 0.1) is 10.5 Å². The number of rotatable bonds is 7. The van der Waals surface area contributed by atoms with Gasteiger partial charge >= 0.3 is 0 Å². The molecule has 1 aliphatic heterocycles. The third kappa shape index (κ3) is 4.86. The van der Waals surface area contributed by atoms with Crippen molar-refractivity contribution in [3.05, 3.63) is 87.5 Å². The smallest absolute Gasteiger partial charge is 0.252 e. The molecule has 1 fully saturated rings. The zero-order valence-corrected chi connectivity index (χ0v) is 21.6. The quantitative estimate of drug-likeness (QED) is 0.305. The Bertz CT molecular complexity index is 1310. The summed E-state index contributed by atoms with van der Waals surface area (Å²) in [5, 5.41) is 0. The molecule has 3 aromatic rings. The number of hydrogen-bond donors (Lipinski definition) is 0. The third-order valence-corrected chi connectivity index (χ3v) is 8.27. The van der Waals surface area contributed by atoms with Gasteiger partial charge in [-0.1, -0.05) is 29.8 Å². The van der Waals surface area contributed by atoms with Crippen LogP contribution < -0.4 is 9.64 Å². The van der Waals surface area contributed by atoms with Crippen LogP contribution in [0.25, 0.3) is 0 Å². The van der Waals surface area contributed by atoms with Crippen molar-refractivity contribution >= 4 is 50.1 Å². The molecule has 0 N–H and O–H groups in total. The molecule has 0 spiro atoms. The van der Waals surface area contributed by atoms with E-state index in [1.54, 1.807) is 36.4 Å². The van der Waals surface area contributed by atoms with Crippen LogP contribution in [0.5, 0.6) is 5.75 Å². The molecule has 34 heavy (non-hydrogen) atoms. The Morgan fingerprint density at radius 3 is 2.18 bits per heavy atom. The van der Waals surface area contributed by atoms with Gasteiger partial charge in [-0.15, -0.1) is 0 Å². The standard InChI is InChI=1S/C25H23IN2O5S/c1-17-3-5-18(6-4-17)16-27(34(31,32)22-13-11-21(33-2)12-14-22)23-15-24(29)28(25(23)30)20-9-7-19(26)8-10-20/h3-14,23H,15-16H2,1-2H3. The molecule has 9 heteroatoms. The number of nitrogens with zero attached hydrogens (tertiary/aromatic N) is 2. The first kappa shape index (κ1) is 24.4. The van der Waals surface area contributed by atoms with Gasteiger partial charge in [-0.05, 0) is 83.6 Å². The molecule has 0 radical (unpaired) electrons. The van der Waals surface area contributed by atoms with Crippen LogP contribution in [0.4, 0.5) is 5.69 Å². The third-order valence-electron chi connectivity index (χ3n) is 5.68. The van der Waals surface area contributed by atoms with Crippen molar-refractivity contribution < 1.29 is 22.7 Å². The largest absolute Gasteiger partial charge is 0.497 e. The Hall–Kier alpha value is -2.76. The van der Waals surface area contributed by atoms with Gasteiger partial charge in [-0.25, -0.2) is 13.3 Å². The molecule has 3 aromatic carbocycles. The summed E-state index contributed by atoms with van der Waals surface area (Å²) in [5.74, 6) is -0.480. The number of aryl methyl sites for hydroxylation is 1. The van der Waals surface area contributed by atoms with Crippen molar-refractivity contribution in [1.29, 1.82) is 0 Å². The summed E-state index contributed by atoms with van der Waals surface area (Å²) in [6.07, 6.45) is -0.230. The highest BCUT2D eigenvalue weighted by molar-refractivity contribution is 14.1. The van der Waals surface area contributed by atoms with E-state index < -0.39 is 27.9 Å². The second kappa shape index (κ2) is 9.85. The second-order valence-corrected chi connectivity index (χ2v) is 11.1. The molecular weight excluding hydrogens is 567 g/mol. The number of hydrogen-bond acceptors (Lipinski definition) is 5. The van der Waals surface area contributed by atoms with E-state index in [0.29, 0.717) is 11.4 Å². The lowest BCUT2D eigenvalue weighted by molar-refractivity contribution is -0.122. The van der Waals surface area contributed by atoms with Gasteiger partial charge in [0, 0.05) is 10.1 Å². The molecule has 1 aliphatic rings. The van der Waals surface area contributed by atoms with Crippen molar-refractivity contribution in [2.24, 2.45) is 0 Å². The molecule has 0 bridgehead atoms. The van der Waals surface area contributed by atoms with Gasteiger partial charge in [-0.3, -0.25) is 9.59 Å². The molecule has 0 saturated carbocycles. The Balaban J connectivity index is 1.74. The Labute approximate surface area is 212 Å². The highest BCUT2D eigenvalue weighted by Crippen LogP contribution is 2.31. The number of sulfonamides is 1. The Morgan fingerprint density at radius 2 is 1.59 bits per heavy atom. The van der Waals surface area contributed by atoms with Crippen LogP contribution in [0.15, 0.2) is 77.7 Å². The van der Waals surface area contributed by atoms with E-state index in [-0.39, 0.29) is 17.9 Å². The minimum Gasteiger partial charge on any atom is -0.497 e. The van der Waals surface area contributed by atoms with Gasteiger partial charge in [0.15, 0.2) is 0 Å². The maximum absolute atomic E-state index is 13.7. The van der Waals surface area contributed by atoms with Crippen LogP contribution in [0.2, 0.25) is 0 Å². The lowest BCUT2D eigenvalue weighted by Crippen LogP contribution is -2.45. The van der Waals surface area contributed by atoms with Crippen LogP contribution >= 0.6 is 22.6 Å². The number of ether oxygens (including phenoxy) is 1. The number of carbonyl (C=O) groups excluding carboxylic acids is 2. The summed E-state index contributed by atoms with van der Waals surface area (Å²) < 4.78 is 34.7. The van der Waals surface area contributed by atoms with Crippen LogP contribution in [-0.2, 0) is 26.2 Å². The first-order chi connectivity index (χ1) is 16.2. The fourth-order valence-electron chi connectivity index (χ4n) is 3.82. The molecular formula is C25H23IN2O5S. The van der Waals surface area contributed by atoms with Crippen LogP contribution in [0.1, 0.15) is 17.5 Å².